The van der Waals surface area contributed by atoms with E-state index in [1.165, 1.54) is 5.56 Å². The Bertz CT molecular complexity index is 440. The van der Waals surface area contributed by atoms with E-state index in [2.05, 4.69) is 13.0 Å². The molecule has 2 nitrogen and oxygen atoms in total. The third-order valence-corrected chi connectivity index (χ3v) is 4.28. The highest BCUT2D eigenvalue weighted by Gasteiger charge is 2.43. The molecular weight excluding hydrogens is 222 g/mol. The van der Waals surface area contributed by atoms with Crippen molar-refractivity contribution in [3.05, 3.63) is 35.4 Å². The maximum Gasteiger partial charge on any atom is 0.170 e. The van der Waals surface area contributed by atoms with Gasteiger partial charge < -0.3 is 5.73 Å². The first-order chi connectivity index (χ1) is 8.58. The van der Waals surface area contributed by atoms with Gasteiger partial charge in [-0.05, 0) is 30.9 Å². The van der Waals surface area contributed by atoms with Gasteiger partial charge in [0.2, 0.25) is 0 Å². The van der Waals surface area contributed by atoms with Crippen LogP contribution in [0.5, 0.6) is 0 Å². The van der Waals surface area contributed by atoms with E-state index in [4.69, 9.17) is 5.73 Å². The van der Waals surface area contributed by atoms with Gasteiger partial charge in [-0.25, -0.2) is 0 Å². The number of benzene rings is 1. The number of rotatable bonds is 4. The van der Waals surface area contributed by atoms with Gasteiger partial charge in [0.25, 0.3) is 0 Å². The highest BCUT2D eigenvalue weighted by Crippen LogP contribution is 2.39. The van der Waals surface area contributed by atoms with Crippen molar-refractivity contribution in [3.8, 4) is 0 Å². The third-order valence-electron chi connectivity index (χ3n) is 4.28. The van der Waals surface area contributed by atoms with Crippen LogP contribution in [-0.2, 0) is 6.42 Å². The predicted octanol–water partition coefficient (Wildman–Crippen LogP) is 3.34. The normalized spacial score (nSPS) is 27.4. The molecule has 2 unspecified atom stereocenters. The number of aryl methyl sites for hydroxylation is 1. The second-order valence-electron chi connectivity index (χ2n) is 5.70. The minimum absolute atomic E-state index is 0.0137. The summed E-state index contributed by atoms with van der Waals surface area (Å²) in [6, 6.07) is 8.07. The van der Waals surface area contributed by atoms with Gasteiger partial charge in [-0.15, -0.1) is 0 Å². The number of nitrogens with two attached hydrogens (primary N) is 1. The van der Waals surface area contributed by atoms with Crippen LogP contribution in [0.2, 0.25) is 0 Å². The zero-order valence-corrected chi connectivity index (χ0v) is 11.4. The Morgan fingerprint density at radius 2 is 2.28 bits per heavy atom. The van der Waals surface area contributed by atoms with E-state index in [1.807, 2.05) is 25.1 Å². The van der Waals surface area contributed by atoms with Crippen LogP contribution in [0.15, 0.2) is 24.3 Å². The van der Waals surface area contributed by atoms with Gasteiger partial charge in [-0.3, -0.25) is 4.79 Å². The molecule has 98 valence electrons. The van der Waals surface area contributed by atoms with Gasteiger partial charge in [0.1, 0.15) is 0 Å². The van der Waals surface area contributed by atoms with Crippen LogP contribution < -0.4 is 5.73 Å². The predicted molar refractivity (Wildman–Crippen MR) is 74.7 cm³/mol. The molecule has 1 saturated carbocycles. The number of carbonyl (C=O) groups excluding carboxylic acids is 1. The quantitative estimate of drug-likeness (QED) is 0.827. The molecule has 18 heavy (non-hydrogen) atoms. The van der Waals surface area contributed by atoms with Gasteiger partial charge >= 0.3 is 0 Å². The fraction of sp³-hybridized carbons (Fsp3) is 0.562. The first-order valence-electron chi connectivity index (χ1n) is 6.97. The van der Waals surface area contributed by atoms with Crippen LogP contribution in [0.25, 0.3) is 0 Å². The molecule has 1 aliphatic rings. The highest BCUT2D eigenvalue weighted by atomic mass is 16.1. The number of carbonyl (C=O) groups is 1. The van der Waals surface area contributed by atoms with Gasteiger partial charge in [0.15, 0.2) is 5.78 Å². The highest BCUT2D eigenvalue weighted by molar-refractivity contribution is 6.01. The van der Waals surface area contributed by atoms with Crippen LogP contribution >= 0.6 is 0 Å². The third kappa shape index (κ3) is 2.35. The van der Waals surface area contributed by atoms with E-state index < -0.39 is 0 Å². The molecule has 0 spiro atoms. The minimum Gasteiger partial charge on any atom is -0.327 e. The van der Waals surface area contributed by atoms with Crippen molar-refractivity contribution in [2.45, 2.75) is 52.0 Å². The largest absolute Gasteiger partial charge is 0.327 e. The SMILES string of the molecule is CCCc1cccc(C(=O)C2(C)CCCC2N)c1. The van der Waals surface area contributed by atoms with Crippen LogP contribution in [0.1, 0.15) is 55.5 Å². The lowest BCUT2D eigenvalue weighted by Crippen LogP contribution is -2.41. The number of Topliss-reactive ketones (excluding diaryl/α,β-unsaturated/α-hetero) is 1. The molecule has 2 rings (SSSR count). The Balaban J connectivity index is 2.25. The minimum atomic E-state index is -0.356. The molecule has 0 bridgehead atoms. The summed E-state index contributed by atoms with van der Waals surface area (Å²) in [5.41, 5.74) is 7.85. The first-order valence-corrected chi connectivity index (χ1v) is 6.97. The summed E-state index contributed by atoms with van der Waals surface area (Å²) in [4.78, 5) is 12.7. The Labute approximate surface area is 110 Å². The van der Waals surface area contributed by atoms with E-state index in [1.54, 1.807) is 0 Å². The smallest absolute Gasteiger partial charge is 0.170 e. The summed E-state index contributed by atoms with van der Waals surface area (Å²) in [6.07, 6.45) is 5.10. The van der Waals surface area contributed by atoms with Crippen molar-refractivity contribution in [2.75, 3.05) is 0 Å². The fourth-order valence-corrected chi connectivity index (χ4v) is 2.96. The number of hydrogen-bond donors (Lipinski definition) is 1. The van der Waals surface area contributed by atoms with Gasteiger partial charge in [-0.2, -0.15) is 0 Å². The van der Waals surface area contributed by atoms with Crippen LogP contribution in [0, 0.1) is 5.41 Å². The van der Waals surface area contributed by atoms with Gasteiger partial charge in [-0.1, -0.05) is 44.9 Å². The standard InChI is InChI=1S/C16H23NO/c1-3-6-12-7-4-8-13(11-12)15(18)16(2)10-5-9-14(16)17/h4,7-8,11,14H,3,5-6,9-10,17H2,1-2H3. The molecule has 1 fully saturated rings. The molecule has 1 aromatic carbocycles. The molecule has 0 amide bonds. The summed E-state index contributed by atoms with van der Waals surface area (Å²) in [5, 5.41) is 0. The Morgan fingerprint density at radius 1 is 1.50 bits per heavy atom. The molecule has 0 aromatic heterocycles. The van der Waals surface area contributed by atoms with E-state index in [9.17, 15) is 4.79 Å². The zero-order chi connectivity index (χ0) is 13.2. The molecule has 0 radical (unpaired) electrons. The summed E-state index contributed by atoms with van der Waals surface area (Å²) in [6.45, 7) is 4.18. The van der Waals surface area contributed by atoms with Crippen LogP contribution in [0.4, 0.5) is 0 Å². The van der Waals surface area contributed by atoms with E-state index in [0.29, 0.717) is 0 Å². The fourth-order valence-electron chi connectivity index (χ4n) is 2.96. The number of hydrogen-bond acceptors (Lipinski definition) is 2. The van der Waals surface area contributed by atoms with Crippen molar-refractivity contribution in [2.24, 2.45) is 11.1 Å². The zero-order valence-electron chi connectivity index (χ0n) is 11.4. The topological polar surface area (TPSA) is 43.1 Å². The molecule has 2 heteroatoms. The monoisotopic (exact) mass is 245 g/mol. The average Bonchev–Trinajstić information content (AvgIpc) is 2.71. The van der Waals surface area contributed by atoms with Crippen LogP contribution in [0.3, 0.4) is 0 Å². The molecule has 0 saturated heterocycles. The van der Waals surface area contributed by atoms with E-state index in [0.717, 1.165) is 37.7 Å². The summed E-state index contributed by atoms with van der Waals surface area (Å²) < 4.78 is 0. The average molecular weight is 245 g/mol. The van der Waals surface area contributed by atoms with E-state index >= 15 is 0 Å². The molecule has 0 heterocycles. The van der Waals surface area contributed by atoms with Gasteiger partial charge in [0.05, 0.1) is 0 Å². The maximum atomic E-state index is 12.7. The van der Waals surface area contributed by atoms with Crippen molar-refractivity contribution in [3.63, 3.8) is 0 Å². The molecule has 1 aromatic rings. The Morgan fingerprint density at radius 3 is 2.89 bits per heavy atom. The molecule has 2 N–H and O–H groups in total. The van der Waals surface area contributed by atoms with Gasteiger partial charge in [0, 0.05) is 17.0 Å². The molecular formula is C16H23NO. The van der Waals surface area contributed by atoms with E-state index in [-0.39, 0.29) is 17.2 Å². The maximum absolute atomic E-state index is 12.7. The Kier molecular flexibility index (Phi) is 3.86. The van der Waals surface area contributed by atoms with Crippen molar-refractivity contribution < 1.29 is 4.79 Å². The summed E-state index contributed by atoms with van der Waals surface area (Å²) in [5.74, 6) is 0.227. The van der Waals surface area contributed by atoms with Crippen molar-refractivity contribution in [1.82, 2.24) is 0 Å². The lowest BCUT2D eigenvalue weighted by atomic mass is 9.78. The lowest BCUT2D eigenvalue weighted by molar-refractivity contribution is 0.0802. The molecule has 2 atom stereocenters. The van der Waals surface area contributed by atoms with Crippen molar-refractivity contribution in [1.29, 1.82) is 0 Å². The van der Waals surface area contributed by atoms with Crippen molar-refractivity contribution >= 4 is 5.78 Å². The Hall–Kier alpha value is -1.15. The summed E-state index contributed by atoms with van der Waals surface area (Å²) in [7, 11) is 0. The second-order valence-corrected chi connectivity index (χ2v) is 5.70. The summed E-state index contributed by atoms with van der Waals surface area (Å²) >= 11 is 0. The molecule has 1 aliphatic carbocycles. The lowest BCUT2D eigenvalue weighted by Gasteiger charge is -2.27. The van der Waals surface area contributed by atoms with Crippen LogP contribution in [-0.4, -0.2) is 11.8 Å². The number of ketones is 1. The first kappa shape index (κ1) is 13.3. The second kappa shape index (κ2) is 5.23. The molecule has 0 aliphatic heterocycles.